The highest BCUT2D eigenvalue weighted by Crippen LogP contribution is 2.29. The van der Waals surface area contributed by atoms with Crippen molar-refractivity contribution in [1.29, 1.82) is 0 Å². The third-order valence-corrected chi connectivity index (χ3v) is 6.18. The second kappa shape index (κ2) is 12.5. The molecule has 0 N–H and O–H groups in total. The highest BCUT2D eigenvalue weighted by molar-refractivity contribution is 5.73. The Balaban J connectivity index is 4.17. The van der Waals surface area contributed by atoms with E-state index in [0.29, 0.717) is 4.48 Å². The van der Waals surface area contributed by atoms with Gasteiger partial charge in [0, 0.05) is 6.42 Å². The first-order valence-electron chi connectivity index (χ1n) is 10.4. The van der Waals surface area contributed by atoms with Crippen molar-refractivity contribution >= 4 is 5.97 Å². The Morgan fingerprint density at radius 1 is 1.00 bits per heavy atom. The highest BCUT2D eigenvalue weighted by Gasteiger charge is 2.42. The fourth-order valence-electron chi connectivity index (χ4n) is 3.46. The van der Waals surface area contributed by atoms with Crippen LogP contribution in [0.4, 0.5) is 0 Å². The standard InChI is InChI=1S/C22H43NO2/c1-7-9-10-11-12-13-14-15-16-17-19-20(18-8-2)23(5,6)22(3,4)21(24)25/h8,20H,2,7,9-19H2,1,3-6H3. The van der Waals surface area contributed by atoms with E-state index in [1.807, 2.05) is 20.2 Å². The molecule has 0 rings (SSSR count). The molecule has 0 aliphatic carbocycles. The van der Waals surface area contributed by atoms with Crippen LogP contribution in [0.3, 0.4) is 0 Å². The lowest BCUT2D eigenvalue weighted by atomic mass is 9.92. The number of carbonyl (C=O) groups is 1. The van der Waals surface area contributed by atoms with E-state index in [1.165, 1.54) is 64.2 Å². The molecular weight excluding hydrogens is 310 g/mol. The van der Waals surface area contributed by atoms with Crippen LogP contribution < -0.4 is 5.11 Å². The first-order valence-corrected chi connectivity index (χ1v) is 10.4. The van der Waals surface area contributed by atoms with Gasteiger partial charge in [-0.3, -0.25) is 0 Å². The quantitative estimate of drug-likeness (QED) is 0.226. The van der Waals surface area contributed by atoms with Crippen LogP contribution in [0.15, 0.2) is 12.7 Å². The van der Waals surface area contributed by atoms with Gasteiger partial charge in [0.25, 0.3) is 0 Å². The lowest BCUT2D eigenvalue weighted by Crippen LogP contribution is -2.68. The zero-order chi connectivity index (χ0) is 19.3. The van der Waals surface area contributed by atoms with Gasteiger partial charge in [0.15, 0.2) is 0 Å². The summed E-state index contributed by atoms with van der Waals surface area (Å²) in [5, 5.41) is 11.6. The molecule has 0 aliphatic rings. The normalized spacial score (nSPS) is 13.6. The van der Waals surface area contributed by atoms with Gasteiger partial charge in [-0.05, 0) is 26.7 Å². The molecule has 0 amide bonds. The summed E-state index contributed by atoms with van der Waals surface area (Å²) in [5.74, 6) is -0.977. The Morgan fingerprint density at radius 2 is 1.44 bits per heavy atom. The molecule has 0 aliphatic heterocycles. The summed E-state index contributed by atoms with van der Waals surface area (Å²) < 4.78 is 0.443. The monoisotopic (exact) mass is 353 g/mol. The number of unbranched alkanes of at least 4 members (excludes halogenated alkanes) is 9. The fraction of sp³-hybridized carbons (Fsp3) is 0.864. The van der Waals surface area contributed by atoms with Gasteiger partial charge in [0.05, 0.1) is 20.1 Å². The number of hydrogen-bond donors (Lipinski definition) is 0. The summed E-state index contributed by atoms with van der Waals surface area (Å²) in [7, 11) is 4.03. The Morgan fingerprint density at radius 3 is 1.84 bits per heavy atom. The van der Waals surface area contributed by atoms with Gasteiger partial charge >= 0.3 is 0 Å². The zero-order valence-electron chi connectivity index (χ0n) is 17.6. The number of likely N-dealkylation sites (N-methyl/N-ethyl adjacent to an activating group) is 1. The molecule has 0 aromatic heterocycles. The van der Waals surface area contributed by atoms with Gasteiger partial charge in [0.1, 0.15) is 11.5 Å². The van der Waals surface area contributed by atoms with E-state index in [2.05, 4.69) is 13.5 Å². The summed E-state index contributed by atoms with van der Waals surface area (Å²) in [6.07, 6.45) is 17.1. The van der Waals surface area contributed by atoms with Crippen molar-refractivity contribution in [2.45, 2.75) is 109 Å². The minimum Gasteiger partial charge on any atom is -0.544 e. The van der Waals surface area contributed by atoms with Crippen LogP contribution in [-0.2, 0) is 4.79 Å². The van der Waals surface area contributed by atoms with Crippen LogP contribution in [0.2, 0.25) is 0 Å². The van der Waals surface area contributed by atoms with Gasteiger partial charge in [-0.1, -0.05) is 70.8 Å². The van der Waals surface area contributed by atoms with Gasteiger partial charge in [-0.2, -0.15) is 0 Å². The van der Waals surface area contributed by atoms with Crippen molar-refractivity contribution in [3.05, 3.63) is 12.7 Å². The Labute approximate surface area is 157 Å². The molecule has 0 aromatic carbocycles. The van der Waals surface area contributed by atoms with E-state index < -0.39 is 11.5 Å². The largest absolute Gasteiger partial charge is 0.544 e. The number of quaternary nitrogens is 1. The SMILES string of the molecule is C=CCC(CCCCCCCCCCCC)[N+](C)(C)C(C)(C)C(=O)[O-]. The summed E-state index contributed by atoms with van der Waals surface area (Å²) in [4.78, 5) is 11.6. The van der Waals surface area contributed by atoms with Crippen LogP contribution in [0.1, 0.15) is 97.8 Å². The molecule has 0 heterocycles. The molecule has 0 saturated heterocycles. The molecule has 0 spiro atoms. The van der Waals surface area contributed by atoms with Crippen molar-refractivity contribution < 1.29 is 14.4 Å². The molecule has 0 aromatic rings. The van der Waals surface area contributed by atoms with Gasteiger partial charge in [-0.15, -0.1) is 6.58 Å². The van der Waals surface area contributed by atoms with E-state index in [0.717, 1.165) is 12.8 Å². The van der Waals surface area contributed by atoms with Crippen LogP contribution in [-0.4, -0.2) is 36.1 Å². The summed E-state index contributed by atoms with van der Waals surface area (Å²) in [5.41, 5.74) is -0.897. The maximum Gasteiger partial charge on any atom is 0.133 e. The number of carbonyl (C=O) groups excluding carboxylic acids is 1. The maximum atomic E-state index is 11.6. The van der Waals surface area contributed by atoms with E-state index in [9.17, 15) is 9.90 Å². The number of aliphatic carboxylic acids is 1. The number of carboxylic acid groups (broad SMARTS) is 1. The van der Waals surface area contributed by atoms with E-state index >= 15 is 0 Å². The molecule has 1 unspecified atom stereocenters. The molecular formula is C22H43NO2. The number of rotatable bonds is 16. The fourth-order valence-corrected chi connectivity index (χ4v) is 3.46. The first kappa shape index (κ1) is 24.2. The minimum atomic E-state index is -0.977. The van der Waals surface area contributed by atoms with Gasteiger partial charge < -0.3 is 14.4 Å². The van der Waals surface area contributed by atoms with Crippen LogP contribution in [0.5, 0.6) is 0 Å². The number of carboxylic acids is 1. The zero-order valence-corrected chi connectivity index (χ0v) is 17.6. The summed E-state index contributed by atoms with van der Waals surface area (Å²) in [6, 6.07) is 0.277. The molecule has 0 saturated carbocycles. The first-order chi connectivity index (χ1) is 11.7. The average Bonchev–Trinajstić information content (AvgIpc) is 2.55. The van der Waals surface area contributed by atoms with Crippen LogP contribution in [0.25, 0.3) is 0 Å². The molecule has 0 bridgehead atoms. The molecule has 0 fully saturated rings. The summed E-state index contributed by atoms with van der Waals surface area (Å²) in [6.45, 7) is 9.67. The van der Waals surface area contributed by atoms with Gasteiger partial charge in [0.2, 0.25) is 0 Å². The van der Waals surface area contributed by atoms with E-state index in [-0.39, 0.29) is 6.04 Å². The second-order valence-corrected chi connectivity index (χ2v) is 8.54. The lowest BCUT2D eigenvalue weighted by molar-refractivity contribution is -0.953. The molecule has 0 radical (unpaired) electrons. The van der Waals surface area contributed by atoms with Crippen molar-refractivity contribution in [2.75, 3.05) is 14.1 Å². The van der Waals surface area contributed by atoms with Crippen molar-refractivity contribution in [3.63, 3.8) is 0 Å². The van der Waals surface area contributed by atoms with Crippen LogP contribution in [0, 0.1) is 0 Å². The average molecular weight is 354 g/mol. The number of nitrogens with zero attached hydrogens (tertiary/aromatic N) is 1. The topological polar surface area (TPSA) is 40.1 Å². The third kappa shape index (κ3) is 8.40. The lowest BCUT2D eigenvalue weighted by Gasteiger charge is -2.50. The summed E-state index contributed by atoms with van der Waals surface area (Å²) >= 11 is 0. The number of hydrogen-bond acceptors (Lipinski definition) is 2. The minimum absolute atomic E-state index is 0.277. The van der Waals surface area contributed by atoms with Crippen molar-refractivity contribution in [2.24, 2.45) is 0 Å². The molecule has 3 heteroatoms. The molecule has 148 valence electrons. The molecule has 3 nitrogen and oxygen atoms in total. The van der Waals surface area contributed by atoms with E-state index in [4.69, 9.17) is 0 Å². The Bertz CT molecular complexity index is 374. The van der Waals surface area contributed by atoms with Crippen molar-refractivity contribution in [1.82, 2.24) is 0 Å². The Kier molecular flexibility index (Phi) is 12.1. The van der Waals surface area contributed by atoms with E-state index in [1.54, 1.807) is 13.8 Å². The Hall–Kier alpha value is -0.830. The van der Waals surface area contributed by atoms with Gasteiger partial charge in [-0.25, -0.2) is 0 Å². The smallest absolute Gasteiger partial charge is 0.133 e. The second-order valence-electron chi connectivity index (χ2n) is 8.54. The maximum absolute atomic E-state index is 11.6. The predicted octanol–water partition coefficient (Wildman–Crippen LogP) is 4.85. The third-order valence-electron chi connectivity index (χ3n) is 6.18. The van der Waals surface area contributed by atoms with Crippen molar-refractivity contribution in [3.8, 4) is 0 Å². The highest BCUT2D eigenvalue weighted by atomic mass is 16.4. The molecule has 1 atom stereocenters. The molecule has 25 heavy (non-hydrogen) atoms. The predicted molar refractivity (Wildman–Crippen MR) is 106 cm³/mol. The van der Waals surface area contributed by atoms with Crippen LogP contribution >= 0.6 is 0 Å².